The summed E-state index contributed by atoms with van der Waals surface area (Å²) in [6, 6.07) is 9.24. The van der Waals surface area contributed by atoms with Crippen molar-refractivity contribution in [2.75, 3.05) is 0 Å². The summed E-state index contributed by atoms with van der Waals surface area (Å²) in [5.74, 6) is 0.859. The molecule has 0 saturated carbocycles. The molecule has 2 rings (SSSR count). The van der Waals surface area contributed by atoms with Crippen molar-refractivity contribution in [3.8, 4) is 0 Å². The van der Waals surface area contributed by atoms with Crippen molar-refractivity contribution >= 4 is 0 Å². The van der Waals surface area contributed by atoms with Crippen molar-refractivity contribution in [2.24, 2.45) is 0 Å². The molecule has 1 heterocycles. The van der Waals surface area contributed by atoms with E-state index in [1.807, 2.05) is 37.3 Å². The number of aliphatic hydroxyl groups excluding tert-OH is 1. The zero-order valence-corrected chi connectivity index (χ0v) is 8.42. The number of aliphatic hydroxyl groups is 1. The number of aryl methyl sites for hydroxylation is 1. The summed E-state index contributed by atoms with van der Waals surface area (Å²) in [5.41, 5.74) is 0.754. The Morgan fingerprint density at radius 1 is 1.33 bits per heavy atom. The Bertz CT molecular complexity index is 425. The van der Waals surface area contributed by atoms with E-state index in [0.717, 1.165) is 5.56 Å². The van der Waals surface area contributed by atoms with Gasteiger partial charge in [-0.15, -0.1) is 0 Å². The first-order valence-corrected chi connectivity index (χ1v) is 4.86. The van der Waals surface area contributed by atoms with Gasteiger partial charge in [-0.2, -0.15) is 4.98 Å². The maximum Gasteiger partial charge on any atom is 0.260 e. The van der Waals surface area contributed by atoms with Crippen molar-refractivity contribution in [1.29, 1.82) is 0 Å². The minimum Gasteiger partial charge on any atom is -0.378 e. The second-order valence-corrected chi connectivity index (χ2v) is 3.22. The lowest BCUT2D eigenvalue weighted by Gasteiger charge is -2.04. The van der Waals surface area contributed by atoms with Crippen molar-refractivity contribution < 1.29 is 9.63 Å². The fourth-order valence-electron chi connectivity index (χ4n) is 1.30. The summed E-state index contributed by atoms with van der Waals surface area (Å²) in [6.45, 7) is 1.93. The maximum absolute atomic E-state index is 9.90. The first-order valence-electron chi connectivity index (χ1n) is 4.86. The molecule has 0 aliphatic carbocycles. The highest BCUT2D eigenvalue weighted by atomic mass is 16.5. The molecule has 0 bridgehead atoms. The molecule has 0 spiro atoms. The molecular weight excluding hydrogens is 192 g/mol. The molecule has 0 aliphatic rings. The van der Waals surface area contributed by atoms with E-state index in [1.54, 1.807) is 0 Å². The van der Waals surface area contributed by atoms with Crippen LogP contribution in [0.4, 0.5) is 0 Å². The highest BCUT2D eigenvalue weighted by Crippen LogP contribution is 2.19. The number of rotatable bonds is 3. The second kappa shape index (κ2) is 4.23. The van der Waals surface area contributed by atoms with Crippen LogP contribution in [0.5, 0.6) is 0 Å². The van der Waals surface area contributed by atoms with Crippen molar-refractivity contribution in [2.45, 2.75) is 19.4 Å². The minimum atomic E-state index is -0.834. The molecule has 1 unspecified atom stereocenters. The molecule has 1 aromatic heterocycles. The van der Waals surface area contributed by atoms with Gasteiger partial charge < -0.3 is 9.63 Å². The zero-order valence-electron chi connectivity index (χ0n) is 8.42. The molecule has 0 fully saturated rings. The molecule has 0 aliphatic heterocycles. The van der Waals surface area contributed by atoms with Crippen LogP contribution in [0.3, 0.4) is 0 Å². The van der Waals surface area contributed by atoms with E-state index in [2.05, 4.69) is 10.1 Å². The molecule has 4 nitrogen and oxygen atoms in total. The lowest BCUT2D eigenvalue weighted by atomic mass is 10.1. The molecule has 0 radical (unpaired) electrons. The van der Waals surface area contributed by atoms with Gasteiger partial charge in [0, 0.05) is 6.42 Å². The molecular formula is C11H12N2O2. The van der Waals surface area contributed by atoms with Crippen LogP contribution in [0, 0.1) is 0 Å². The Morgan fingerprint density at radius 2 is 2.07 bits per heavy atom. The predicted molar refractivity (Wildman–Crippen MR) is 54.2 cm³/mol. The normalized spacial score (nSPS) is 12.7. The highest BCUT2D eigenvalue weighted by molar-refractivity contribution is 5.21. The largest absolute Gasteiger partial charge is 0.378 e. The highest BCUT2D eigenvalue weighted by Gasteiger charge is 2.16. The molecule has 2 aromatic rings. The summed E-state index contributed by atoms with van der Waals surface area (Å²) in [7, 11) is 0. The van der Waals surface area contributed by atoms with E-state index in [0.29, 0.717) is 12.2 Å². The van der Waals surface area contributed by atoms with Crippen LogP contribution in [0.2, 0.25) is 0 Å². The van der Waals surface area contributed by atoms with Crippen LogP contribution in [-0.2, 0) is 6.42 Å². The van der Waals surface area contributed by atoms with Crippen LogP contribution < -0.4 is 0 Å². The monoisotopic (exact) mass is 204 g/mol. The summed E-state index contributed by atoms with van der Waals surface area (Å²) in [5, 5.41) is 13.6. The molecule has 1 aromatic carbocycles. The fourth-order valence-corrected chi connectivity index (χ4v) is 1.30. The zero-order chi connectivity index (χ0) is 10.7. The number of hydrogen-bond acceptors (Lipinski definition) is 4. The standard InChI is InChI=1S/C11H12N2O2/c1-2-9-12-11(15-13-9)10(14)8-6-4-3-5-7-8/h3-7,10,14H,2H2,1H3. The summed E-state index contributed by atoms with van der Waals surface area (Å²) >= 11 is 0. The third kappa shape index (κ3) is 2.05. The molecule has 0 saturated heterocycles. The Morgan fingerprint density at radius 3 is 2.67 bits per heavy atom. The molecule has 15 heavy (non-hydrogen) atoms. The second-order valence-electron chi connectivity index (χ2n) is 3.22. The smallest absolute Gasteiger partial charge is 0.260 e. The molecule has 1 N–H and O–H groups in total. The lowest BCUT2D eigenvalue weighted by Crippen LogP contribution is -1.99. The third-order valence-electron chi connectivity index (χ3n) is 2.15. The SMILES string of the molecule is CCc1noc(C(O)c2ccccc2)n1. The summed E-state index contributed by atoms with van der Waals surface area (Å²) in [6.07, 6.45) is -0.135. The first-order chi connectivity index (χ1) is 7.31. The molecule has 4 heteroatoms. The van der Waals surface area contributed by atoms with E-state index in [-0.39, 0.29) is 5.89 Å². The van der Waals surface area contributed by atoms with E-state index >= 15 is 0 Å². The van der Waals surface area contributed by atoms with E-state index in [4.69, 9.17) is 4.52 Å². The minimum absolute atomic E-state index is 0.248. The number of benzene rings is 1. The van der Waals surface area contributed by atoms with Gasteiger partial charge in [0.15, 0.2) is 11.9 Å². The van der Waals surface area contributed by atoms with Gasteiger partial charge in [0.05, 0.1) is 0 Å². The van der Waals surface area contributed by atoms with Crippen LogP contribution in [0.1, 0.15) is 30.3 Å². The van der Waals surface area contributed by atoms with Crippen molar-refractivity contribution in [3.05, 3.63) is 47.6 Å². The van der Waals surface area contributed by atoms with Gasteiger partial charge in [0.2, 0.25) is 0 Å². The van der Waals surface area contributed by atoms with Crippen LogP contribution >= 0.6 is 0 Å². The van der Waals surface area contributed by atoms with Gasteiger partial charge in [-0.1, -0.05) is 42.4 Å². The number of nitrogens with zero attached hydrogens (tertiary/aromatic N) is 2. The quantitative estimate of drug-likeness (QED) is 0.826. The van der Waals surface area contributed by atoms with Gasteiger partial charge >= 0.3 is 0 Å². The first kappa shape index (κ1) is 9.86. The van der Waals surface area contributed by atoms with E-state index in [1.165, 1.54) is 0 Å². The molecule has 1 atom stereocenters. The average molecular weight is 204 g/mol. The molecule has 0 amide bonds. The van der Waals surface area contributed by atoms with Crippen LogP contribution in [0.15, 0.2) is 34.9 Å². The Balaban J connectivity index is 2.24. The van der Waals surface area contributed by atoms with Crippen molar-refractivity contribution in [1.82, 2.24) is 10.1 Å². The maximum atomic E-state index is 9.90. The Labute approximate surface area is 87.6 Å². The van der Waals surface area contributed by atoms with E-state index in [9.17, 15) is 5.11 Å². The predicted octanol–water partition coefficient (Wildman–Crippen LogP) is 1.71. The van der Waals surface area contributed by atoms with E-state index < -0.39 is 6.10 Å². The van der Waals surface area contributed by atoms with Gasteiger partial charge in [0.1, 0.15) is 0 Å². The lowest BCUT2D eigenvalue weighted by molar-refractivity contribution is 0.170. The van der Waals surface area contributed by atoms with Gasteiger partial charge in [-0.3, -0.25) is 0 Å². The van der Waals surface area contributed by atoms with Crippen LogP contribution in [0.25, 0.3) is 0 Å². The Kier molecular flexibility index (Phi) is 2.78. The van der Waals surface area contributed by atoms with Crippen LogP contribution in [-0.4, -0.2) is 15.2 Å². The number of hydrogen-bond donors (Lipinski definition) is 1. The van der Waals surface area contributed by atoms with Gasteiger partial charge in [-0.05, 0) is 5.56 Å². The Hall–Kier alpha value is -1.68. The third-order valence-corrected chi connectivity index (χ3v) is 2.15. The molecule has 78 valence electrons. The fraction of sp³-hybridized carbons (Fsp3) is 0.273. The topological polar surface area (TPSA) is 59.2 Å². The summed E-state index contributed by atoms with van der Waals surface area (Å²) in [4.78, 5) is 4.08. The van der Waals surface area contributed by atoms with Gasteiger partial charge in [-0.25, -0.2) is 0 Å². The average Bonchev–Trinajstić information content (AvgIpc) is 2.78. The van der Waals surface area contributed by atoms with Gasteiger partial charge in [0.25, 0.3) is 5.89 Å². The van der Waals surface area contributed by atoms with Crippen molar-refractivity contribution in [3.63, 3.8) is 0 Å². The summed E-state index contributed by atoms with van der Waals surface area (Å²) < 4.78 is 4.96. The number of aromatic nitrogens is 2.